The molecule has 6 nitrogen and oxygen atoms in total. The van der Waals surface area contributed by atoms with Crippen LogP contribution in [-0.2, 0) is 20.6 Å². The van der Waals surface area contributed by atoms with Crippen LogP contribution in [0.4, 0.5) is 5.69 Å². The standard InChI is InChI=1S/C19H25ClN2O4S2/c1-4-18(19(23)21-9-11-27-13-16-6-5-10-26-16)22(28(3,24)25)15-8-7-14(2)17(20)12-15/h5-8,10,12,18H,4,9,11,13H2,1-3H3,(H,21,23)/t18-/m0/s1. The van der Waals surface area contributed by atoms with E-state index in [4.69, 9.17) is 16.0 Å². The molecular formula is C19H25ClN2O4S2. The van der Waals surface area contributed by atoms with Gasteiger partial charge in [-0.2, -0.15) is 11.8 Å². The molecule has 1 atom stereocenters. The lowest BCUT2D eigenvalue weighted by Gasteiger charge is -2.30. The van der Waals surface area contributed by atoms with E-state index in [-0.39, 0.29) is 5.91 Å². The summed E-state index contributed by atoms with van der Waals surface area (Å²) in [6.45, 7) is 4.05. The van der Waals surface area contributed by atoms with Gasteiger partial charge in [-0.3, -0.25) is 9.10 Å². The van der Waals surface area contributed by atoms with Crippen molar-refractivity contribution < 1.29 is 17.6 Å². The number of rotatable bonds is 10. The number of thioether (sulfide) groups is 1. The largest absolute Gasteiger partial charge is 0.468 e. The van der Waals surface area contributed by atoms with Crippen molar-refractivity contribution in [1.82, 2.24) is 5.32 Å². The van der Waals surface area contributed by atoms with E-state index in [0.29, 0.717) is 29.4 Å². The number of carbonyl (C=O) groups is 1. The molecule has 0 aliphatic heterocycles. The highest BCUT2D eigenvalue weighted by atomic mass is 35.5. The predicted octanol–water partition coefficient (Wildman–Crippen LogP) is 3.84. The van der Waals surface area contributed by atoms with E-state index in [1.807, 2.05) is 19.1 Å². The Morgan fingerprint density at radius 1 is 1.36 bits per heavy atom. The van der Waals surface area contributed by atoms with Gasteiger partial charge in [-0.25, -0.2) is 8.42 Å². The van der Waals surface area contributed by atoms with Crippen molar-refractivity contribution in [2.45, 2.75) is 32.1 Å². The second kappa shape index (κ2) is 10.2. The first kappa shape index (κ1) is 22.6. The van der Waals surface area contributed by atoms with Crippen LogP contribution in [0.5, 0.6) is 0 Å². The van der Waals surface area contributed by atoms with Crippen molar-refractivity contribution in [3.63, 3.8) is 0 Å². The average molecular weight is 445 g/mol. The number of furan rings is 1. The van der Waals surface area contributed by atoms with Crippen LogP contribution in [0.25, 0.3) is 0 Å². The van der Waals surface area contributed by atoms with Crippen LogP contribution >= 0.6 is 23.4 Å². The van der Waals surface area contributed by atoms with Crippen molar-refractivity contribution in [2.75, 3.05) is 22.9 Å². The normalized spacial score (nSPS) is 12.6. The molecule has 28 heavy (non-hydrogen) atoms. The van der Waals surface area contributed by atoms with Gasteiger partial charge in [0.15, 0.2) is 0 Å². The average Bonchev–Trinajstić information content (AvgIpc) is 3.14. The summed E-state index contributed by atoms with van der Waals surface area (Å²) in [4.78, 5) is 12.7. The maximum atomic E-state index is 12.7. The van der Waals surface area contributed by atoms with Crippen LogP contribution in [0.1, 0.15) is 24.7 Å². The molecule has 0 saturated carbocycles. The molecule has 1 amide bonds. The Labute approximate surface area is 175 Å². The fourth-order valence-corrected chi connectivity index (χ4v) is 4.85. The number of amides is 1. The number of carbonyl (C=O) groups excluding carboxylic acids is 1. The van der Waals surface area contributed by atoms with Crippen molar-refractivity contribution in [3.05, 3.63) is 52.9 Å². The van der Waals surface area contributed by atoms with Crippen molar-refractivity contribution in [3.8, 4) is 0 Å². The molecule has 0 saturated heterocycles. The van der Waals surface area contributed by atoms with E-state index >= 15 is 0 Å². The van der Waals surface area contributed by atoms with Gasteiger partial charge in [-0.05, 0) is 43.2 Å². The molecule has 0 fully saturated rings. The zero-order chi connectivity index (χ0) is 20.7. The predicted molar refractivity (Wildman–Crippen MR) is 115 cm³/mol. The zero-order valence-electron chi connectivity index (χ0n) is 16.1. The third kappa shape index (κ3) is 6.18. The number of halogens is 1. The molecule has 0 unspecified atom stereocenters. The van der Waals surface area contributed by atoms with Crippen LogP contribution in [0.2, 0.25) is 5.02 Å². The summed E-state index contributed by atoms with van der Waals surface area (Å²) in [5.41, 5.74) is 1.22. The molecular weight excluding hydrogens is 420 g/mol. The molecule has 154 valence electrons. The number of sulfonamides is 1. The van der Waals surface area contributed by atoms with Crippen molar-refractivity contribution in [2.24, 2.45) is 0 Å². The van der Waals surface area contributed by atoms with E-state index in [1.54, 1.807) is 43.1 Å². The highest BCUT2D eigenvalue weighted by Crippen LogP contribution is 2.27. The number of benzene rings is 1. The molecule has 9 heteroatoms. The van der Waals surface area contributed by atoms with Crippen LogP contribution in [0.3, 0.4) is 0 Å². The maximum Gasteiger partial charge on any atom is 0.243 e. The molecule has 0 aliphatic carbocycles. The summed E-state index contributed by atoms with van der Waals surface area (Å²) >= 11 is 7.79. The molecule has 2 rings (SSSR count). The Bertz CT molecular complexity index is 885. The number of hydrogen-bond donors (Lipinski definition) is 1. The molecule has 0 radical (unpaired) electrons. The number of aryl methyl sites for hydroxylation is 1. The third-order valence-electron chi connectivity index (χ3n) is 4.11. The topological polar surface area (TPSA) is 79.6 Å². The lowest BCUT2D eigenvalue weighted by atomic mass is 10.1. The third-order valence-corrected chi connectivity index (χ3v) is 6.68. The summed E-state index contributed by atoms with van der Waals surface area (Å²) in [6, 6.07) is 7.87. The van der Waals surface area contributed by atoms with Gasteiger partial charge in [0, 0.05) is 17.3 Å². The summed E-state index contributed by atoms with van der Waals surface area (Å²) in [6.07, 6.45) is 3.06. The maximum absolute atomic E-state index is 12.7. The van der Waals surface area contributed by atoms with Gasteiger partial charge in [0.2, 0.25) is 15.9 Å². The Kier molecular flexibility index (Phi) is 8.27. The first-order valence-electron chi connectivity index (χ1n) is 8.87. The lowest BCUT2D eigenvalue weighted by Crippen LogP contribution is -2.49. The minimum absolute atomic E-state index is 0.330. The van der Waals surface area contributed by atoms with E-state index < -0.39 is 16.1 Å². The van der Waals surface area contributed by atoms with Crippen LogP contribution in [0, 0.1) is 6.92 Å². The molecule has 0 aliphatic rings. The van der Waals surface area contributed by atoms with Gasteiger partial charge in [-0.1, -0.05) is 24.6 Å². The van der Waals surface area contributed by atoms with Gasteiger partial charge in [0.05, 0.1) is 24.0 Å². The van der Waals surface area contributed by atoms with Crippen LogP contribution < -0.4 is 9.62 Å². The molecule has 1 aromatic carbocycles. The second-order valence-electron chi connectivity index (χ2n) is 6.34. The summed E-state index contributed by atoms with van der Waals surface area (Å²) in [5.74, 6) is 1.96. The van der Waals surface area contributed by atoms with Crippen molar-refractivity contribution >= 4 is 45.0 Å². The van der Waals surface area contributed by atoms with E-state index in [0.717, 1.165) is 27.6 Å². The zero-order valence-corrected chi connectivity index (χ0v) is 18.5. The molecule has 1 heterocycles. The number of nitrogens with zero attached hydrogens (tertiary/aromatic N) is 1. The highest BCUT2D eigenvalue weighted by molar-refractivity contribution is 7.98. The van der Waals surface area contributed by atoms with E-state index in [1.165, 1.54) is 0 Å². The fourth-order valence-electron chi connectivity index (χ4n) is 2.71. The van der Waals surface area contributed by atoms with E-state index in [9.17, 15) is 13.2 Å². The second-order valence-corrected chi connectivity index (χ2v) is 9.71. The molecule has 2 aromatic rings. The van der Waals surface area contributed by atoms with Gasteiger partial charge < -0.3 is 9.73 Å². The van der Waals surface area contributed by atoms with Gasteiger partial charge in [0.25, 0.3) is 0 Å². The fraction of sp³-hybridized carbons (Fsp3) is 0.421. The first-order chi connectivity index (χ1) is 13.2. The number of anilines is 1. The van der Waals surface area contributed by atoms with E-state index in [2.05, 4.69) is 5.32 Å². The molecule has 0 spiro atoms. The minimum atomic E-state index is -3.67. The smallest absolute Gasteiger partial charge is 0.243 e. The molecule has 1 N–H and O–H groups in total. The Morgan fingerprint density at radius 2 is 2.11 bits per heavy atom. The monoisotopic (exact) mass is 444 g/mol. The van der Waals surface area contributed by atoms with Gasteiger partial charge in [0.1, 0.15) is 11.8 Å². The lowest BCUT2D eigenvalue weighted by molar-refractivity contribution is -0.122. The van der Waals surface area contributed by atoms with Gasteiger partial charge in [-0.15, -0.1) is 0 Å². The Balaban J connectivity index is 2.03. The molecule has 0 bridgehead atoms. The number of nitrogens with one attached hydrogen (secondary N) is 1. The van der Waals surface area contributed by atoms with Crippen LogP contribution in [-0.4, -0.2) is 38.9 Å². The van der Waals surface area contributed by atoms with Crippen molar-refractivity contribution in [1.29, 1.82) is 0 Å². The summed E-state index contributed by atoms with van der Waals surface area (Å²) in [5, 5.41) is 3.29. The number of hydrogen-bond acceptors (Lipinski definition) is 5. The van der Waals surface area contributed by atoms with Gasteiger partial charge >= 0.3 is 0 Å². The highest BCUT2D eigenvalue weighted by Gasteiger charge is 2.31. The summed E-state index contributed by atoms with van der Waals surface area (Å²) < 4.78 is 31.3. The summed E-state index contributed by atoms with van der Waals surface area (Å²) in [7, 11) is -3.67. The first-order valence-corrected chi connectivity index (χ1v) is 12.3. The Morgan fingerprint density at radius 3 is 2.68 bits per heavy atom. The Hall–Kier alpha value is -1.64. The van der Waals surface area contributed by atoms with Crippen LogP contribution in [0.15, 0.2) is 41.0 Å². The SMILES string of the molecule is CC[C@@H](C(=O)NCCSCc1ccco1)N(c1ccc(C)c(Cl)c1)S(C)(=O)=O. The quantitative estimate of drug-likeness (QED) is 0.563. The molecule has 1 aromatic heterocycles. The minimum Gasteiger partial charge on any atom is -0.468 e.